The van der Waals surface area contributed by atoms with Gasteiger partial charge in [-0.05, 0) is 74.1 Å². The Hall–Kier alpha value is -3.39. The molecule has 1 saturated carbocycles. The van der Waals surface area contributed by atoms with Crippen LogP contribution in [0.1, 0.15) is 38.2 Å². The summed E-state index contributed by atoms with van der Waals surface area (Å²) >= 11 is 6.11. The number of nitrogens with zero attached hydrogens (tertiary/aromatic N) is 2. The minimum atomic E-state index is -0.664. The van der Waals surface area contributed by atoms with Crippen LogP contribution in [0.25, 0.3) is 0 Å². The summed E-state index contributed by atoms with van der Waals surface area (Å²) in [4.78, 5) is 54.6. The summed E-state index contributed by atoms with van der Waals surface area (Å²) in [5.74, 6) is -1.00. The van der Waals surface area contributed by atoms with Crippen LogP contribution in [0.15, 0.2) is 36.4 Å². The second kappa shape index (κ2) is 9.82. The van der Waals surface area contributed by atoms with Gasteiger partial charge >= 0.3 is 5.97 Å². The fourth-order valence-corrected chi connectivity index (χ4v) is 5.91. The number of methoxy groups -OCH3 is 1. The summed E-state index contributed by atoms with van der Waals surface area (Å²) in [7, 11) is 1.50. The molecule has 0 spiro atoms. The van der Waals surface area contributed by atoms with Crippen molar-refractivity contribution in [1.82, 2.24) is 0 Å². The number of hydrogen-bond acceptors (Lipinski definition) is 6. The largest absolute Gasteiger partial charge is 0.495 e. The highest BCUT2D eigenvalue weighted by molar-refractivity contribution is 6.31. The van der Waals surface area contributed by atoms with E-state index >= 15 is 0 Å². The lowest BCUT2D eigenvalue weighted by atomic mass is 9.76. The Bertz CT molecular complexity index is 1290. The van der Waals surface area contributed by atoms with Gasteiger partial charge in [0.2, 0.25) is 17.7 Å². The molecule has 8 nitrogen and oxygen atoms in total. The minimum absolute atomic E-state index is 0.00352. The molecule has 0 bridgehead atoms. The zero-order valence-electron chi connectivity index (χ0n) is 21.0. The minimum Gasteiger partial charge on any atom is -0.495 e. The average molecular weight is 525 g/mol. The Balaban J connectivity index is 1.29. The van der Waals surface area contributed by atoms with Gasteiger partial charge in [-0.2, -0.15) is 0 Å². The number of carbonyl (C=O) groups is 4. The molecule has 0 unspecified atom stereocenters. The number of ether oxygens (including phenoxy) is 2. The van der Waals surface area contributed by atoms with Crippen molar-refractivity contribution < 1.29 is 28.7 Å². The third-order valence-electron chi connectivity index (χ3n) is 7.71. The Morgan fingerprint density at radius 1 is 1.00 bits per heavy atom. The Morgan fingerprint density at radius 3 is 2.49 bits per heavy atom. The highest BCUT2D eigenvalue weighted by atomic mass is 35.5. The van der Waals surface area contributed by atoms with Crippen LogP contribution >= 0.6 is 11.6 Å². The first-order valence-corrected chi connectivity index (χ1v) is 12.9. The van der Waals surface area contributed by atoms with Crippen molar-refractivity contribution >= 4 is 46.7 Å². The van der Waals surface area contributed by atoms with Gasteiger partial charge in [0.15, 0.2) is 0 Å². The number of aryl methyl sites for hydroxylation is 1. The third-order valence-corrected chi connectivity index (χ3v) is 7.94. The van der Waals surface area contributed by atoms with Crippen LogP contribution in [0.5, 0.6) is 11.5 Å². The summed E-state index contributed by atoms with van der Waals surface area (Å²) in [6.07, 6.45) is 2.43. The van der Waals surface area contributed by atoms with Gasteiger partial charge in [-0.3, -0.25) is 19.2 Å². The molecular formula is C28H29ClN2O6. The SMILES string of the molecule is COc1ccc(Cl)cc1N1C[C@H](C(=O)Oc2ccc(N3C(=O)[C@@H]4CC[C@H](C)C[C@H]4C3=O)c(C)c2)CC1=O. The Morgan fingerprint density at radius 2 is 1.76 bits per heavy atom. The lowest BCUT2D eigenvalue weighted by Crippen LogP contribution is -2.31. The van der Waals surface area contributed by atoms with Crippen LogP contribution in [0.2, 0.25) is 5.02 Å². The Kier molecular flexibility index (Phi) is 6.70. The maximum Gasteiger partial charge on any atom is 0.316 e. The van der Waals surface area contributed by atoms with E-state index in [2.05, 4.69) is 6.92 Å². The molecule has 0 radical (unpaired) electrons. The Labute approximate surface area is 220 Å². The number of carbonyl (C=O) groups excluding carboxylic acids is 4. The number of esters is 1. The average Bonchev–Trinajstić information content (AvgIpc) is 3.36. The van der Waals surface area contributed by atoms with Gasteiger partial charge in [-0.25, -0.2) is 4.90 Å². The second-order valence-electron chi connectivity index (χ2n) is 10.2. The van der Waals surface area contributed by atoms with Gasteiger partial charge in [0.25, 0.3) is 0 Å². The van der Waals surface area contributed by atoms with Crippen LogP contribution in [0.4, 0.5) is 11.4 Å². The van der Waals surface area contributed by atoms with E-state index in [9.17, 15) is 19.2 Å². The zero-order chi connectivity index (χ0) is 26.4. The molecule has 37 heavy (non-hydrogen) atoms. The van der Waals surface area contributed by atoms with E-state index in [1.807, 2.05) is 0 Å². The first-order chi connectivity index (χ1) is 17.7. The highest BCUT2D eigenvalue weighted by Gasteiger charge is 2.50. The van der Waals surface area contributed by atoms with Crippen LogP contribution in [-0.2, 0) is 19.2 Å². The lowest BCUT2D eigenvalue weighted by molar-refractivity contribution is -0.139. The van der Waals surface area contributed by atoms with Crippen LogP contribution < -0.4 is 19.3 Å². The molecule has 1 aliphatic carbocycles. The van der Waals surface area contributed by atoms with Gasteiger partial charge in [-0.15, -0.1) is 0 Å². The van der Waals surface area contributed by atoms with Gasteiger partial charge in [0, 0.05) is 18.0 Å². The number of halogens is 1. The van der Waals surface area contributed by atoms with Gasteiger partial charge in [-0.1, -0.05) is 18.5 Å². The van der Waals surface area contributed by atoms with Gasteiger partial charge < -0.3 is 14.4 Å². The van der Waals surface area contributed by atoms with E-state index in [1.165, 1.54) is 16.9 Å². The molecule has 2 aliphatic heterocycles. The number of benzene rings is 2. The van der Waals surface area contributed by atoms with E-state index < -0.39 is 11.9 Å². The summed E-state index contributed by atoms with van der Waals surface area (Å²) in [5, 5.41) is 0.453. The molecule has 3 fully saturated rings. The summed E-state index contributed by atoms with van der Waals surface area (Å²) in [5.41, 5.74) is 1.68. The van der Waals surface area contributed by atoms with Crippen LogP contribution in [0.3, 0.4) is 0 Å². The lowest BCUT2D eigenvalue weighted by Gasteiger charge is -2.25. The summed E-state index contributed by atoms with van der Waals surface area (Å²) in [6.45, 7) is 4.04. The first kappa shape index (κ1) is 25.3. The molecular weight excluding hydrogens is 496 g/mol. The number of anilines is 2. The van der Waals surface area contributed by atoms with Crippen molar-refractivity contribution in [2.24, 2.45) is 23.7 Å². The van der Waals surface area contributed by atoms with E-state index in [0.29, 0.717) is 39.4 Å². The van der Waals surface area contributed by atoms with Crippen LogP contribution in [-0.4, -0.2) is 37.3 Å². The number of imide groups is 1. The summed E-state index contributed by atoms with van der Waals surface area (Å²) < 4.78 is 11.0. The maximum atomic E-state index is 13.1. The van der Waals surface area contributed by atoms with E-state index in [-0.39, 0.29) is 42.5 Å². The second-order valence-corrected chi connectivity index (χ2v) is 10.7. The van der Waals surface area contributed by atoms with Crippen molar-refractivity contribution in [3.05, 3.63) is 47.0 Å². The smallest absolute Gasteiger partial charge is 0.316 e. The normalized spacial score (nSPS) is 25.5. The standard InChI is InChI=1S/C28H29ClN2O6/c1-15-4-7-20-21(10-15)27(34)31(26(20)33)22-8-6-19(11-16(22)2)37-28(35)17-12-25(32)30(14-17)23-13-18(29)5-9-24(23)36-3/h5-6,8-9,11,13,15,17,20-21H,4,7,10,12,14H2,1-3H3/t15-,17+,20+,21+/m0/s1. The maximum absolute atomic E-state index is 13.1. The number of fused-ring (bicyclic) bond motifs is 1. The van der Waals surface area contributed by atoms with E-state index in [4.69, 9.17) is 21.1 Å². The number of rotatable bonds is 5. The molecule has 0 N–H and O–H groups in total. The van der Waals surface area contributed by atoms with E-state index in [0.717, 1.165) is 19.3 Å². The van der Waals surface area contributed by atoms with Gasteiger partial charge in [0.05, 0.1) is 36.2 Å². The van der Waals surface area contributed by atoms with Crippen molar-refractivity contribution in [1.29, 1.82) is 0 Å². The molecule has 2 saturated heterocycles. The molecule has 2 aromatic rings. The molecule has 3 amide bonds. The third kappa shape index (κ3) is 4.59. The molecule has 2 heterocycles. The highest BCUT2D eigenvalue weighted by Crippen LogP contribution is 2.43. The number of hydrogen-bond donors (Lipinski definition) is 0. The zero-order valence-corrected chi connectivity index (χ0v) is 21.8. The van der Waals surface area contributed by atoms with Crippen molar-refractivity contribution in [2.75, 3.05) is 23.5 Å². The van der Waals surface area contributed by atoms with Crippen LogP contribution in [0, 0.1) is 30.6 Å². The predicted molar refractivity (Wildman–Crippen MR) is 138 cm³/mol. The van der Waals surface area contributed by atoms with E-state index in [1.54, 1.807) is 43.3 Å². The predicted octanol–water partition coefficient (Wildman–Crippen LogP) is 4.54. The van der Waals surface area contributed by atoms with Crippen molar-refractivity contribution in [2.45, 2.75) is 39.5 Å². The molecule has 2 aromatic carbocycles. The fourth-order valence-electron chi connectivity index (χ4n) is 5.74. The molecule has 4 atom stereocenters. The molecule has 9 heteroatoms. The van der Waals surface area contributed by atoms with Crippen molar-refractivity contribution in [3.63, 3.8) is 0 Å². The quantitative estimate of drug-likeness (QED) is 0.324. The monoisotopic (exact) mass is 524 g/mol. The molecule has 0 aromatic heterocycles. The topological polar surface area (TPSA) is 93.2 Å². The molecule has 5 rings (SSSR count). The van der Waals surface area contributed by atoms with Crippen molar-refractivity contribution in [3.8, 4) is 11.5 Å². The molecule has 3 aliphatic rings. The first-order valence-electron chi connectivity index (χ1n) is 12.5. The number of amides is 3. The molecule has 194 valence electrons. The van der Waals surface area contributed by atoms with Gasteiger partial charge in [0.1, 0.15) is 11.5 Å². The summed E-state index contributed by atoms with van der Waals surface area (Å²) in [6, 6.07) is 9.85. The fraction of sp³-hybridized carbons (Fsp3) is 0.429.